The molecule has 2 rings (SSSR count). The topological polar surface area (TPSA) is 58.6 Å². The number of aryl methyl sites for hydroxylation is 2. The number of rotatable bonds is 8. The summed E-state index contributed by atoms with van der Waals surface area (Å²) in [5.41, 5.74) is 2.86. The van der Waals surface area contributed by atoms with Crippen molar-refractivity contribution in [3.63, 3.8) is 0 Å². The van der Waals surface area contributed by atoms with Crippen LogP contribution in [0.25, 0.3) is 0 Å². The second-order valence-corrected chi connectivity index (χ2v) is 7.22. The summed E-state index contributed by atoms with van der Waals surface area (Å²) in [6.07, 6.45) is 0. The first kappa shape index (κ1) is 21.8. The number of carbonyl (C=O) groups is 2. The lowest BCUT2D eigenvalue weighted by Crippen LogP contribution is -2.49. The van der Waals surface area contributed by atoms with E-state index < -0.39 is 6.04 Å². The number of ether oxygens (including phenoxy) is 1. The van der Waals surface area contributed by atoms with Gasteiger partial charge in [-0.05, 0) is 62.6 Å². The van der Waals surface area contributed by atoms with Gasteiger partial charge in [0.1, 0.15) is 11.8 Å². The van der Waals surface area contributed by atoms with Crippen LogP contribution in [0.15, 0.2) is 42.5 Å². The molecule has 0 bridgehead atoms. The lowest BCUT2D eigenvalue weighted by atomic mass is 10.1. The zero-order valence-corrected chi connectivity index (χ0v) is 17.5. The van der Waals surface area contributed by atoms with Gasteiger partial charge in [-0.3, -0.25) is 9.59 Å². The maximum Gasteiger partial charge on any atom is 0.261 e. The van der Waals surface area contributed by atoms with Crippen LogP contribution in [0, 0.1) is 13.8 Å². The van der Waals surface area contributed by atoms with E-state index in [1.165, 1.54) is 4.90 Å². The van der Waals surface area contributed by atoms with E-state index in [-0.39, 0.29) is 25.0 Å². The molecule has 0 heterocycles. The largest absolute Gasteiger partial charge is 0.483 e. The summed E-state index contributed by atoms with van der Waals surface area (Å²) < 4.78 is 5.76. The van der Waals surface area contributed by atoms with Gasteiger partial charge in [0.25, 0.3) is 5.91 Å². The van der Waals surface area contributed by atoms with Crippen molar-refractivity contribution in [1.82, 2.24) is 10.2 Å². The van der Waals surface area contributed by atoms with Crippen LogP contribution < -0.4 is 10.1 Å². The Bertz CT molecular complexity index is 838. The van der Waals surface area contributed by atoms with Crippen molar-refractivity contribution in [3.8, 4) is 5.75 Å². The van der Waals surface area contributed by atoms with Gasteiger partial charge in [0.2, 0.25) is 5.91 Å². The average Bonchev–Trinajstić information content (AvgIpc) is 2.66. The van der Waals surface area contributed by atoms with Crippen molar-refractivity contribution >= 4 is 23.4 Å². The van der Waals surface area contributed by atoms with Crippen LogP contribution in [0.3, 0.4) is 0 Å². The molecule has 1 N–H and O–H groups in total. The maximum atomic E-state index is 12.9. The molecule has 2 aromatic carbocycles. The summed E-state index contributed by atoms with van der Waals surface area (Å²) in [6.45, 7) is 8.09. The van der Waals surface area contributed by atoms with Crippen LogP contribution >= 0.6 is 11.6 Å². The van der Waals surface area contributed by atoms with Crippen LogP contribution in [-0.4, -0.2) is 35.9 Å². The summed E-state index contributed by atoms with van der Waals surface area (Å²) in [5, 5.41) is 3.35. The first-order chi connectivity index (χ1) is 13.3. The summed E-state index contributed by atoms with van der Waals surface area (Å²) in [4.78, 5) is 26.8. The van der Waals surface area contributed by atoms with Gasteiger partial charge in [-0.25, -0.2) is 0 Å². The molecule has 0 aliphatic carbocycles. The van der Waals surface area contributed by atoms with E-state index in [0.717, 1.165) is 16.7 Å². The second-order valence-electron chi connectivity index (χ2n) is 6.78. The number of carbonyl (C=O) groups excluding carboxylic acids is 2. The third-order valence-corrected chi connectivity index (χ3v) is 4.69. The van der Waals surface area contributed by atoms with Crippen LogP contribution in [0.1, 0.15) is 30.5 Å². The molecule has 0 aromatic heterocycles. The Hall–Kier alpha value is -2.53. The summed E-state index contributed by atoms with van der Waals surface area (Å²) >= 11 is 6.07. The van der Waals surface area contributed by atoms with Crippen LogP contribution in [0.5, 0.6) is 5.75 Å². The Morgan fingerprint density at radius 3 is 2.61 bits per heavy atom. The molecule has 6 heteroatoms. The Kier molecular flexibility index (Phi) is 7.88. The van der Waals surface area contributed by atoms with Crippen molar-refractivity contribution in [2.24, 2.45) is 0 Å². The number of halogens is 1. The lowest BCUT2D eigenvalue weighted by Gasteiger charge is -2.28. The standard InChI is InChI=1S/C22H27ClN2O3/c1-5-24-22(27)17(4)25(13-18-7-6-8-19(23)12-18)21(26)14-28-20-11-15(2)9-10-16(20)3/h6-12,17H,5,13-14H2,1-4H3,(H,24,27). The number of likely N-dealkylation sites (N-methyl/N-ethyl adjacent to an activating group) is 1. The van der Waals surface area contributed by atoms with Gasteiger partial charge in [-0.2, -0.15) is 0 Å². The lowest BCUT2D eigenvalue weighted by molar-refractivity contribution is -0.142. The molecule has 0 radical (unpaired) electrons. The predicted molar refractivity (Wildman–Crippen MR) is 112 cm³/mol. The van der Waals surface area contributed by atoms with Crippen molar-refractivity contribution in [1.29, 1.82) is 0 Å². The highest BCUT2D eigenvalue weighted by Gasteiger charge is 2.26. The van der Waals surface area contributed by atoms with Crippen molar-refractivity contribution in [3.05, 3.63) is 64.2 Å². The Morgan fingerprint density at radius 1 is 1.18 bits per heavy atom. The first-order valence-electron chi connectivity index (χ1n) is 9.33. The molecule has 28 heavy (non-hydrogen) atoms. The fourth-order valence-corrected chi connectivity index (χ4v) is 3.03. The second kappa shape index (κ2) is 10.1. The molecular weight excluding hydrogens is 376 g/mol. The van der Waals surface area contributed by atoms with Gasteiger partial charge >= 0.3 is 0 Å². The fraction of sp³-hybridized carbons (Fsp3) is 0.364. The molecule has 0 aliphatic rings. The molecule has 0 saturated heterocycles. The number of hydrogen-bond acceptors (Lipinski definition) is 3. The monoisotopic (exact) mass is 402 g/mol. The molecule has 1 unspecified atom stereocenters. The molecule has 2 aromatic rings. The number of nitrogens with zero attached hydrogens (tertiary/aromatic N) is 1. The summed E-state index contributed by atoms with van der Waals surface area (Å²) in [7, 11) is 0. The highest BCUT2D eigenvalue weighted by atomic mass is 35.5. The number of hydrogen-bond donors (Lipinski definition) is 1. The smallest absolute Gasteiger partial charge is 0.261 e. The van der Waals surface area contributed by atoms with Crippen molar-refractivity contribution < 1.29 is 14.3 Å². The number of nitrogens with one attached hydrogen (secondary N) is 1. The third kappa shape index (κ3) is 5.99. The first-order valence-corrected chi connectivity index (χ1v) is 9.71. The van der Waals surface area contributed by atoms with E-state index in [9.17, 15) is 9.59 Å². The third-order valence-electron chi connectivity index (χ3n) is 4.46. The highest BCUT2D eigenvalue weighted by molar-refractivity contribution is 6.30. The molecule has 0 fully saturated rings. The molecule has 2 amide bonds. The van der Waals surface area contributed by atoms with E-state index in [2.05, 4.69) is 5.32 Å². The number of benzene rings is 2. The average molecular weight is 403 g/mol. The molecular formula is C22H27ClN2O3. The summed E-state index contributed by atoms with van der Waals surface area (Å²) in [5.74, 6) is 0.200. The minimum Gasteiger partial charge on any atom is -0.483 e. The SMILES string of the molecule is CCNC(=O)C(C)N(Cc1cccc(Cl)c1)C(=O)COc1cc(C)ccc1C. The molecule has 150 valence electrons. The minimum atomic E-state index is -0.631. The van der Waals surface area contributed by atoms with E-state index in [0.29, 0.717) is 17.3 Å². The van der Waals surface area contributed by atoms with Gasteiger partial charge in [0.05, 0.1) is 0 Å². The molecule has 0 spiro atoms. The van der Waals surface area contributed by atoms with Crippen molar-refractivity contribution in [2.45, 2.75) is 40.3 Å². The molecule has 1 atom stereocenters. The Morgan fingerprint density at radius 2 is 1.93 bits per heavy atom. The van der Waals surface area contributed by atoms with Crippen LogP contribution in [-0.2, 0) is 16.1 Å². The van der Waals surface area contributed by atoms with Gasteiger partial charge in [-0.1, -0.05) is 35.9 Å². The fourth-order valence-electron chi connectivity index (χ4n) is 2.82. The quantitative estimate of drug-likeness (QED) is 0.728. The van der Waals surface area contributed by atoms with E-state index in [1.807, 2.05) is 51.1 Å². The number of amides is 2. The normalized spacial score (nSPS) is 11.6. The van der Waals surface area contributed by atoms with Crippen LogP contribution in [0.2, 0.25) is 5.02 Å². The van der Waals surface area contributed by atoms with Gasteiger partial charge < -0.3 is 15.0 Å². The van der Waals surface area contributed by atoms with Gasteiger partial charge in [0.15, 0.2) is 6.61 Å². The molecule has 0 aliphatic heterocycles. The Balaban J connectivity index is 2.17. The predicted octanol–water partition coefficient (Wildman–Crippen LogP) is 3.89. The highest BCUT2D eigenvalue weighted by Crippen LogP contribution is 2.20. The zero-order chi connectivity index (χ0) is 20.7. The van der Waals surface area contributed by atoms with E-state index in [1.54, 1.807) is 19.1 Å². The summed E-state index contributed by atoms with van der Waals surface area (Å²) in [6, 6.07) is 12.5. The molecule has 5 nitrogen and oxygen atoms in total. The van der Waals surface area contributed by atoms with Gasteiger partial charge in [-0.15, -0.1) is 0 Å². The maximum absolute atomic E-state index is 12.9. The van der Waals surface area contributed by atoms with Gasteiger partial charge in [0, 0.05) is 18.1 Å². The zero-order valence-electron chi connectivity index (χ0n) is 16.8. The van der Waals surface area contributed by atoms with E-state index >= 15 is 0 Å². The van der Waals surface area contributed by atoms with Crippen molar-refractivity contribution in [2.75, 3.05) is 13.2 Å². The molecule has 0 saturated carbocycles. The van der Waals surface area contributed by atoms with E-state index in [4.69, 9.17) is 16.3 Å². The Labute approximate surface area is 171 Å². The minimum absolute atomic E-state index is 0.144. The van der Waals surface area contributed by atoms with Crippen LogP contribution in [0.4, 0.5) is 0 Å².